The van der Waals surface area contributed by atoms with Crippen LogP contribution in [0.2, 0.25) is 0 Å². The zero-order valence-electron chi connectivity index (χ0n) is 13.6. The smallest absolute Gasteiger partial charge is 0.278 e. The molecular weight excluding hydrogens is 330 g/mol. The predicted octanol–water partition coefficient (Wildman–Crippen LogP) is -1.28. The van der Waals surface area contributed by atoms with Crippen LogP contribution in [0.1, 0.15) is 25.5 Å². The van der Waals surface area contributed by atoms with E-state index < -0.39 is 31.1 Å². The van der Waals surface area contributed by atoms with Gasteiger partial charge in [-0.05, 0) is 19.3 Å². The Kier molecular flexibility index (Phi) is 4.20. The third-order valence-electron chi connectivity index (χ3n) is 4.88. The molecule has 0 amide bonds. The Morgan fingerprint density at radius 2 is 2.00 bits per heavy atom. The van der Waals surface area contributed by atoms with E-state index in [-0.39, 0.29) is 16.7 Å². The third kappa shape index (κ3) is 2.61. The van der Waals surface area contributed by atoms with Crippen molar-refractivity contribution in [3.05, 3.63) is 16.7 Å². The number of nitrogens with zero attached hydrogens (tertiary/aromatic N) is 4. The number of hydrogen-bond acceptors (Lipinski definition) is 8. The van der Waals surface area contributed by atoms with E-state index in [1.165, 1.54) is 6.33 Å². The Balaban J connectivity index is 1.86. The van der Waals surface area contributed by atoms with Gasteiger partial charge in [0.25, 0.3) is 5.56 Å². The molecule has 0 radical (unpaired) electrons. The van der Waals surface area contributed by atoms with Gasteiger partial charge in [-0.1, -0.05) is 0 Å². The summed E-state index contributed by atoms with van der Waals surface area (Å²) in [6.07, 6.45) is 0.0132. The second-order valence-electron chi connectivity index (χ2n) is 6.46. The van der Waals surface area contributed by atoms with E-state index in [1.54, 1.807) is 4.57 Å². The molecule has 4 rings (SSSR count). The van der Waals surface area contributed by atoms with Gasteiger partial charge in [0.05, 0.1) is 12.9 Å². The molecule has 10 nitrogen and oxygen atoms in total. The fraction of sp³-hybridized carbons (Fsp3) is 0.667. The highest BCUT2D eigenvalue weighted by Crippen LogP contribution is 2.35. The molecule has 0 aliphatic carbocycles. The highest BCUT2D eigenvalue weighted by atomic mass is 16.6. The molecule has 2 saturated heterocycles. The van der Waals surface area contributed by atoms with Crippen molar-refractivity contribution in [1.82, 2.24) is 19.5 Å². The molecular formula is C15H21N5O5. The molecule has 25 heavy (non-hydrogen) atoms. The Hall–Kier alpha value is -2.01. The molecule has 0 aromatic carbocycles. The summed E-state index contributed by atoms with van der Waals surface area (Å²) in [7, 11) is 0. The van der Waals surface area contributed by atoms with Crippen LogP contribution in [-0.2, 0) is 4.74 Å². The molecule has 2 aromatic rings. The summed E-state index contributed by atoms with van der Waals surface area (Å²) in [6, 6.07) is 0. The average Bonchev–Trinajstić information content (AvgIpc) is 3.15. The molecule has 0 saturated carbocycles. The van der Waals surface area contributed by atoms with Gasteiger partial charge < -0.3 is 29.9 Å². The summed E-state index contributed by atoms with van der Waals surface area (Å²) >= 11 is 0. The number of aliphatic hydroxyl groups excluding tert-OH is 3. The van der Waals surface area contributed by atoms with E-state index in [9.17, 15) is 20.1 Å². The van der Waals surface area contributed by atoms with Gasteiger partial charge in [-0.3, -0.25) is 9.36 Å². The van der Waals surface area contributed by atoms with Crippen molar-refractivity contribution in [3.8, 4) is 0 Å². The number of anilines is 1. The van der Waals surface area contributed by atoms with E-state index in [4.69, 9.17) is 4.74 Å². The molecule has 10 heteroatoms. The van der Waals surface area contributed by atoms with Gasteiger partial charge in [-0.15, -0.1) is 0 Å². The second-order valence-corrected chi connectivity index (χ2v) is 6.46. The average molecular weight is 351 g/mol. The van der Waals surface area contributed by atoms with Crippen LogP contribution < -0.4 is 10.5 Å². The number of piperidine rings is 1. The van der Waals surface area contributed by atoms with Gasteiger partial charge in [0.1, 0.15) is 18.3 Å². The van der Waals surface area contributed by atoms with Crippen molar-refractivity contribution < 1.29 is 20.1 Å². The molecule has 0 bridgehead atoms. The van der Waals surface area contributed by atoms with Crippen molar-refractivity contribution in [3.63, 3.8) is 0 Å². The Labute approximate surface area is 142 Å². The second kappa shape index (κ2) is 6.37. The summed E-state index contributed by atoms with van der Waals surface area (Å²) in [4.78, 5) is 25.3. The van der Waals surface area contributed by atoms with E-state index in [0.29, 0.717) is 5.95 Å². The first-order valence-corrected chi connectivity index (χ1v) is 8.45. The van der Waals surface area contributed by atoms with Gasteiger partial charge in [-0.2, -0.15) is 0 Å². The predicted molar refractivity (Wildman–Crippen MR) is 87.2 cm³/mol. The van der Waals surface area contributed by atoms with Crippen molar-refractivity contribution in [1.29, 1.82) is 0 Å². The first-order chi connectivity index (χ1) is 12.1. The lowest BCUT2D eigenvalue weighted by molar-refractivity contribution is -0.0504. The number of aromatic amines is 1. The SMILES string of the molecule is O=c1[nH]cnc2c1nc(N1CCCCC1)n2[C@H]1O[C@@H](CO)[C@H](O)[C@@H]1O. The number of hydrogen-bond donors (Lipinski definition) is 4. The van der Waals surface area contributed by atoms with Crippen LogP contribution in [0.3, 0.4) is 0 Å². The fourth-order valence-electron chi connectivity index (χ4n) is 3.55. The molecule has 0 spiro atoms. The van der Waals surface area contributed by atoms with Crippen LogP contribution in [-0.4, -0.2) is 72.8 Å². The van der Waals surface area contributed by atoms with Gasteiger partial charge in [0, 0.05) is 13.1 Å². The maximum atomic E-state index is 12.1. The first kappa shape index (κ1) is 16.5. The minimum Gasteiger partial charge on any atom is -0.394 e. The maximum absolute atomic E-state index is 12.1. The van der Waals surface area contributed by atoms with Crippen LogP contribution in [0.4, 0.5) is 5.95 Å². The number of aromatic nitrogens is 4. The molecule has 0 unspecified atom stereocenters. The Bertz CT molecular complexity index is 814. The first-order valence-electron chi connectivity index (χ1n) is 8.45. The van der Waals surface area contributed by atoms with Crippen LogP contribution >= 0.6 is 0 Å². The summed E-state index contributed by atoms with van der Waals surface area (Å²) in [5, 5.41) is 29.8. The molecule has 2 aliphatic rings. The number of rotatable bonds is 3. The van der Waals surface area contributed by atoms with Crippen molar-refractivity contribution >= 4 is 17.1 Å². The third-order valence-corrected chi connectivity index (χ3v) is 4.88. The van der Waals surface area contributed by atoms with E-state index in [2.05, 4.69) is 15.0 Å². The number of H-pyrrole nitrogens is 1. The number of fused-ring (bicyclic) bond motifs is 1. The summed E-state index contributed by atoms with van der Waals surface area (Å²) in [5.41, 5.74) is 0.0497. The zero-order valence-corrected chi connectivity index (χ0v) is 13.6. The van der Waals surface area contributed by atoms with Gasteiger partial charge in [0.2, 0.25) is 5.95 Å². The molecule has 4 atom stereocenters. The number of aliphatic hydroxyl groups is 3. The molecule has 2 aliphatic heterocycles. The number of nitrogens with one attached hydrogen (secondary N) is 1. The highest BCUT2D eigenvalue weighted by Gasteiger charge is 2.45. The largest absolute Gasteiger partial charge is 0.394 e. The van der Waals surface area contributed by atoms with Gasteiger partial charge in [-0.25, -0.2) is 9.97 Å². The van der Waals surface area contributed by atoms with Gasteiger partial charge in [0.15, 0.2) is 17.4 Å². The quantitative estimate of drug-likeness (QED) is 0.537. The van der Waals surface area contributed by atoms with Gasteiger partial charge >= 0.3 is 0 Å². The van der Waals surface area contributed by atoms with E-state index in [0.717, 1.165) is 32.4 Å². The summed E-state index contributed by atoms with van der Waals surface area (Å²) < 4.78 is 7.21. The van der Waals surface area contributed by atoms with Crippen LogP contribution in [0.5, 0.6) is 0 Å². The van der Waals surface area contributed by atoms with Crippen LogP contribution in [0.15, 0.2) is 11.1 Å². The van der Waals surface area contributed by atoms with Crippen LogP contribution in [0.25, 0.3) is 11.2 Å². The lowest BCUT2D eigenvalue weighted by Crippen LogP contribution is -2.35. The Morgan fingerprint density at radius 1 is 1.24 bits per heavy atom. The number of ether oxygens (including phenoxy) is 1. The van der Waals surface area contributed by atoms with Crippen molar-refractivity contribution in [2.75, 3.05) is 24.6 Å². The fourth-order valence-corrected chi connectivity index (χ4v) is 3.55. The standard InChI is InChI=1S/C15H21N5O5/c21-6-8-10(22)11(23)14(25-8)20-12-9(13(24)17-7-16-12)18-15(20)19-4-2-1-3-5-19/h7-8,10-11,14,21-23H,1-6H2,(H,16,17,24)/t8-,10-,11-,14-/m0/s1. The van der Waals surface area contributed by atoms with Crippen molar-refractivity contribution in [2.45, 2.75) is 43.8 Å². The van der Waals surface area contributed by atoms with Crippen LogP contribution in [0, 0.1) is 0 Å². The monoisotopic (exact) mass is 351 g/mol. The molecule has 2 aromatic heterocycles. The molecule has 4 heterocycles. The molecule has 2 fully saturated rings. The minimum atomic E-state index is -1.26. The summed E-state index contributed by atoms with van der Waals surface area (Å²) in [6.45, 7) is 1.13. The zero-order chi connectivity index (χ0) is 17.6. The minimum absolute atomic E-state index is 0.154. The normalized spacial score (nSPS) is 30.3. The Morgan fingerprint density at radius 3 is 2.68 bits per heavy atom. The topological polar surface area (TPSA) is 137 Å². The molecule has 136 valence electrons. The van der Waals surface area contributed by atoms with Crippen molar-refractivity contribution in [2.24, 2.45) is 0 Å². The van der Waals surface area contributed by atoms with E-state index >= 15 is 0 Å². The summed E-state index contributed by atoms with van der Waals surface area (Å²) in [5.74, 6) is 0.480. The number of imidazole rings is 1. The maximum Gasteiger partial charge on any atom is 0.278 e. The molecule has 4 N–H and O–H groups in total. The lowest BCUT2D eigenvalue weighted by atomic mass is 10.1. The lowest BCUT2D eigenvalue weighted by Gasteiger charge is -2.30. The van der Waals surface area contributed by atoms with E-state index in [1.807, 2.05) is 4.90 Å². The highest BCUT2D eigenvalue weighted by molar-refractivity contribution is 5.73.